The van der Waals surface area contributed by atoms with Crippen LogP contribution in [0.1, 0.15) is 12.8 Å². The van der Waals surface area contributed by atoms with Crippen molar-refractivity contribution in [3.63, 3.8) is 0 Å². The second-order valence-corrected chi connectivity index (χ2v) is 7.62. The van der Waals surface area contributed by atoms with Gasteiger partial charge in [-0.3, -0.25) is 14.3 Å². The lowest BCUT2D eigenvalue weighted by Crippen LogP contribution is -2.29. The first-order valence-corrected chi connectivity index (χ1v) is 10.1. The number of halogens is 1. The van der Waals surface area contributed by atoms with E-state index in [1.807, 2.05) is 45.9 Å². The zero-order valence-electron chi connectivity index (χ0n) is 14.6. The number of likely N-dealkylation sites (tertiary alicyclic amines) is 1. The number of benzene rings is 1. The molecule has 4 rings (SSSR count). The Kier molecular flexibility index (Phi) is 5.40. The van der Waals surface area contributed by atoms with Gasteiger partial charge in [0.15, 0.2) is 11.0 Å². The maximum absolute atomic E-state index is 12.4. The molecule has 1 fully saturated rings. The fourth-order valence-electron chi connectivity index (χ4n) is 3.08. The SMILES string of the molecule is O=C(CSc1nnc(-c2cccnc2)n1-c1cccc(Cl)c1)N1CCCC1. The van der Waals surface area contributed by atoms with Crippen LogP contribution in [0.3, 0.4) is 0 Å². The number of carbonyl (C=O) groups excluding carboxylic acids is 1. The molecule has 1 amide bonds. The first kappa shape index (κ1) is 18.0. The highest BCUT2D eigenvalue weighted by Gasteiger charge is 2.21. The Bertz CT molecular complexity index is 940. The minimum atomic E-state index is 0.140. The molecule has 0 radical (unpaired) electrons. The van der Waals surface area contributed by atoms with E-state index in [4.69, 9.17) is 11.6 Å². The van der Waals surface area contributed by atoms with Crippen LogP contribution in [-0.4, -0.2) is 49.4 Å². The Morgan fingerprint density at radius 3 is 2.74 bits per heavy atom. The van der Waals surface area contributed by atoms with Crippen molar-refractivity contribution in [2.24, 2.45) is 0 Å². The van der Waals surface area contributed by atoms with E-state index in [1.54, 1.807) is 12.4 Å². The van der Waals surface area contributed by atoms with Gasteiger partial charge < -0.3 is 4.90 Å². The van der Waals surface area contributed by atoms with Crippen LogP contribution in [0, 0.1) is 0 Å². The molecular formula is C19H18ClN5OS. The van der Waals surface area contributed by atoms with Crippen LogP contribution >= 0.6 is 23.4 Å². The Balaban J connectivity index is 1.67. The standard InChI is InChI=1S/C19H18ClN5OS/c20-15-6-3-7-16(11-15)25-18(14-5-4-8-21-12-14)22-23-19(25)27-13-17(26)24-9-1-2-10-24/h3-8,11-12H,1-2,9-10,13H2. The normalized spacial score (nSPS) is 13.9. The van der Waals surface area contributed by atoms with Gasteiger partial charge in [0.05, 0.1) is 11.4 Å². The molecule has 1 aliphatic rings. The van der Waals surface area contributed by atoms with E-state index < -0.39 is 0 Å². The first-order valence-electron chi connectivity index (χ1n) is 8.75. The van der Waals surface area contributed by atoms with Crippen molar-refractivity contribution in [1.82, 2.24) is 24.6 Å². The van der Waals surface area contributed by atoms with Crippen LogP contribution in [0.4, 0.5) is 0 Å². The first-order chi connectivity index (χ1) is 13.2. The van der Waals surface area contributed by atoms with Gasteiger partial charge in [0, 0.05) is 36.1 Å². The van der Waals surface area contributed by atoms with Crippen molar-refractivity contribution in [2.75, 3.05) is 18.8 Å². The van der Waals surface area contributed by atoms with Gasteiger partial charge in [0.25, 0.3) is 0 Å². The highest BCUT2D eigenvalue weighted by atomic mass is 35.5. The molecule has 3 heterocycles. The summed E-state index contributed by atoms with van der Waals surface area (Å²) in [6.07, 6.45) is 5.63. The minimum absolute atomic E-state index is 0.140. The van der Waals surface area contributed by atoms with E-state index >= 15 is 0 Å². The van der Waals surface area contributed by atoms with Crippen molar-refractivity contribution in [1.29, 1.82) is 0 Å². The molecule has 6 nitrogen and oxygen atoms in total. The molecule has 0 N–H and O–H groups in total. The monoisotopic (exact) mass is 399 g/mol. The minimum Gasteiger partial charge on any atom is -0.342 e. The van der Waals surface area contributed by atoms with Crippen molar-refractivity contribution in [3.05, 3.63) is 53.8 Å². The van der Waals surface area contributed by atoms with Gasteiger partial charge >= 0.3 is 0 Å². The molecule has 2 aromatic heterocycles. The zero-order valence-corrected chi connectivity index (χ0v) is 16.2. The maximum Gasteiger partial charge on any atom is 0.233 e. The third kappa shape index (κ3) is 3.99. The van der Waals surface area contributed by atoms with Crippen molar-refractivity contribution >= 4 is 29.3 Å². The number of nitrogens with zero attached hydrogens (tertiary/aromatic N) is 5. The third-order valence-corrected chi connectivity index (χ3v) is 5.55. The molecule has 27 heavy (non-hydrogen) atoms. The summed E-state index contributed by atoms with van der Waals surface area (Å²) in [6.45, 7) is 1.70. The van der Waals surface area contributed by atoms with Crippen molar-refractivity contribution < 1.29 is 4.79 Å². The summed E-state index contributed by atoms with van der Waals surface area (Å²) in [7, 11) is 0. The Labute approximate surface area is 166 Å². The van der Waals surface area contributed by atoms with E-state index in [0.29, 0.717) is 21.8 Å². The molecule has 1 saturated heterocycles. The molecule has 0 bridgehead atoms. The average molecular weight is 400 g/mol. The highest BCUT2D eigenvalue weighted by Crippen LogP contribution is 2.29. The molecule has 1 aliphatic heterocycles. The molecule has 3 aromatic rings. The van der Waals surface area contributed by atoms with Crippen LogP contribution in [0.25, 0.3) is 17.1 Å². The summed E-state index contributed by atoms with van der Waals surface area (Å²) in [5.41, 5.74) is 1.70. The molecule has 0 unspecified atom stereocenters. The Hall–Kier alpha value is -2.38. The lowest BCUT2D eigenvalue weighted by atomic mass is 10.2. The van der Waals surface area contributed by atoms with Crippen molar-refractivity contribution in [2.45, 2.75) is 18.0 Å². The number of rotatable bonds is 5. The van der Waals surface area contributed by atoms with E-state index in [9.17, 15) is 4.79 Å². The molecule has 0 spiro atoms. The second kappa shape index (κ2) is 8.10. The van der Waals surface area contributed by atoms with Gasteiger partial charge in [-0.25, -0.2) is 0 Å². The largest absolute Gasteiger partial charge is 0.342 e. The van der Waals surface area contributed by atoms with Gasteiger partial charge in [-0.15, -0.1) is 10.2 Å². The van der Waals surface area contributed by atoms with Gasteiger partial charge in [-0.05, 0) is 43.2 Å². The molecule has 0 atom stereocenters. The number of pyridine rings is 1. The molecule has 1 aromatic carbocycles. The van der Waals surface area contributed by atoms with Crippen LogP contribution in [0.2, 0.25) is 5.02 Å². The summed E-state index contributed by atoms with van der Waals surface area (Å²) in [5.74, 6) is 1.15. The predicted molar refractivity (Wildman–Crippen MR) is 106 cm³/mol. The lowest BCUT2D eigenvalue weighted by molar-refractivity contribution is -0.127. The Morgan fingerprint density at radius 1 is 1.15 bits per heavy atom. The van der Waals surface area contributed by atoms with E-state index in [0.717, 1.165) is 37.2 Å². The predicted octanol–water partition coefficient (Wildman–Crippen LogP) is 3.70. The van der Waals surface area contributed by atoms with Crippen LogP contribution in [-0.2, 0) is 4.79 Å². The Morgan fingerprint density at radius 2 is 2.00 bits per heavy atom. The molecular weight excluding hydrogens is 382 g/mol. The number of aromatic nitrogens is 4. The maximum atomic E-state index is 12.4. The number of thioether (sulfide) groups is 1. The number of carbonyl (C=O) groups is 1. The van der Waals surface area contributed by atoms with E-state index in [2.05, 4.69) is 15.2 Å². The smallest absolute Gasteiger partial charge is 0.233 e. The van der Waals surface area contributed by atoms with E-state index in [-0.39, 0.29) is 5.91 Å². The molecule has 138 valence electrons. The molecule has 8 heteroatoms. The van der Waals surface area contributed by atoms with Gasteiger partial charge in [0.2, 0.25) is 5.91 Å². The summed E-state index contributed by atoms with van der Waals surface area (Å²) < 4.78 is 1.92. The van der Waals surface area contributed by atoms with Crippen LogP contribution in [0.15, 0.2) is 53.9 Å². The summed E-state index contributed by atoms with van der Waals surface area (Å²) in [5, 5.41) is 9.97. The summed E-state index contributed by atoms with van der Waals surface area (Å²) >= 11 is 7.58. The molecule has 0 saturated carbocycles. The quantitative estimate of drug-likeness (QED) is 0.612. The fourth-order valence-corrected chi connectivity index (χ4v) is 4.12. The number of amides is 1. The number of hydrogen-bond acceptors (Lipinski definition) is 5. The van der Waals surface area contributed by atoms with E-state index in [1.165, 1.54) is 11.8 Å². The van der Waals surface area contributed by atoms with Gasteiger partial charge in [-0.1, -0.05) is 29.4 Å². The number of hydrogen-bond donors (Lipinski definition) is 0. The van der Waals surface area contributed by atoms with Gasteiger partial charge in [-0.2, -0.15) is 0 Å². The zero-order chi connectivity index (χ0) is 18.6. The summed E-state index contributed by atoms with van der Waals surface area (Å²) in [6, 6.07) is 11.3. The van der Waals surface area contributed by atoms with Crippen LogP contribution in [0.5, 0.6) is 0 Å². The summed E-state index contributed by atoms with van der Waals surface area (Å²) in [4.78, 5) is 18.5. The second-order valence-electron chi connectivity index (χ2n) is 6.24. The third-order valence-electron chi connectivity index (χ3n) is 4.40. The average Bonchev–Trinajstić information content (AvgIpc) is 3.37. The lowest BCUT2D eigenvalue weighted by Gasteiger charge is -2.15. The van der Waals surface area contributed by atoms with Gasteiger partial charge in [0.1, 0.15) is 0 Å². The van der Waals surface area contributed by atoms with Crippen molar-refractivity contribution in [3.8, 4) is 17.1 Å². The topological polar surface area (TPSA) is 63.9 Å². The fraction of sp³-hybridized carbons (Fsp3) is 0.263. The molecule has 0 aliphatic carbocycles. The van der Waals surface area contributed by atoms with Crippen LogP contribution < -0.4 is 0 Å². The highest BCUT2D eigenvalue weighted by molar-refractivity contribution is 7.99.